The van der Waals surface area contributed by atoms with Crippen LogP contribution in [0.4, 0.5) is 0 Å². The molecular weight excluding hydrogens is 374 g/mol. The minimum absolute atomic E-state index is 0.160. The number of nitrogens with one attached hydrogen (secondary N) is 1. The van der Waals surface area contributed by atoms with E-state index in [0.29, 0.717) is 17.8 Å². The van der Waals surface area contributed by atoms with Crippen molar-refractivity contribution < 1.29 is 19.3 Å². The van der Waals surface area contributed by atoms with Gasteiger partial charge in [-0.05, 0) is 17.0 Å². The van der Waals surface area contributed by atoms with Crippen LogP contribution in [0.25, 0.3) is 0 Å². The van der Waals surface area contributed by atoms with Gasteiger partial charge in [-0.3, -0.25) is 14.6 Å². The monoisotopic (exact) mass is 394 g/mol. The maximum absolute atomic E-state index is 13.1. The first kappa shape index (κ1) is 18.2. The van der Waals surface area contributed by atoms with E-state index in [1.165, 1.54) is 11.3 Å². The number of aryl methyl sites for hydroxylation is 1. The number of aromatic nitrogens is 2. The Morgan fingerprint density at radius 3 is 2.71 bits per heavy atom. The lowest BCUT2D eigenvalue weighted by molar-refractivity contribution is -0.695. The maximum atomic E-state index is 13.1. The molecule has 1 aliphatic heterocycles. The third-order valence-corrected chi connectivity index (χ3v) is 5.70. The molecule has 7 heteroatoms. The van der Waals surface area contributed by atoms with Crippen LogP contribution in [0.3, 0.4) is 0 Å². The van der Waals surface area contributed by atoms with Crippen LogP contribution < -0.4 is 4.57 Å². The molecule has 3 aromatic rings. The zero-order valence-electron chi connectivity index (χ0n) is 15.1. The number of H-pyrrole nitrogens is 1. The normalized spacial score (nSPS) is 16.8. The molecule has 1 atom stereocenters. The van der Waals surface area contributed by atoms with Gasteiger partial charge in [-0.15, -0.1) is 11.3 Å². The molecule has 0 aliphatic carbocycles. The van der Waals surface area contributed by atoms with E-state index in [9.17, 15) is 14.7 Å². The molecule has 1 aromatic carbocycles. The summed E-state index contributed by atoms with van der Waals surface area (Å²) in [5.41, 5.74) is 0.974. The summed E-state index contributed by atoms with van der Waals surface area (Å²) >= 11 is 1.30. The number of hydrogen-bond donors (Lipinski definition) is 2. The fourth-order valence-corrected chi connectivity index (χ4v) is 4.20. The number of aromatic amines is 1. The molecule has 142 valence electrons. The highest BCUT2D eigenvalue weighted by Crippen LogP contribution is 2.39. The minimum atomic E-state index is -0.584. The van der Waals surface area contributed by atoms with Gasteiger partial charge in [0.25, 0.3) is 5.91 Å². The first-order valence-corrected chi connectivity index (χ1v) is 9.94. The molecule has 1 amide bonds. The predicted octanol–water partition coefficient (Wildman–Crippen LogP) is 3.03. The van der Waals surface area contributed by atoms with Gasteiger partial charge in [0.05, 0.1) is 23.0 Å². The highest BCUT2D eigenvalue weighted by Gasteiger charge is 2.43. The highest BCUT2D eigenvalue weighted by atomic mass is 32.1. The lowest BCUT2D eigenvalue weighted by atomic mass is 9.95. The molecule has 0 saturated carbocycles. The molecule has 2 N–H and O–H groups in total. The van der Waals surface area contributed by atoms with E-state index in [2.05, 4.69) is 4.98 Å². The van der Waals surface area contributed by atoms with Crippen LogP contribution in [0, 0.1) is 0 Å². The number of amides is 1. The Labute approximate surface area is 166 Å². The molecule has 0 saturated heterocycles. The molecule has 3 heterocycles. The molecule has 1 unspecified atom stereocenters. The van der Waals surface area contributed by atoms with Crippen LogP contribution >= 0.6 is 11.3 Å². The molecule has 0 spiro atoms. The van der Waals surface area contributed by atoms with Crippen LogP contribution in [0.5, 0.6) is 0 Å². The summed E-state index contributed by atoms with van der Waals surface area (Å²) in [6, 6.07) is 12.3. The van der Waals surface area contributed by atoms with Gasteiger partial charge in [-0.2, -0.15) is 0 Å². The number of nitrogens with zero attached hydrogens (tertiary/aromatic N) is 2. The molecule has 0 bridgehead atoms. The Kier molecular flexibility index (Phi) is 5.08. The Hall–Kier alpha value is -3.19. The lowest BCUT2D eigenvalue weighted by Gasteiger charge is -2.26. The number of rotatable bonds is 7. The summed E-state index contributed by atoms with van der Waals surface area (Å²) < 4.78 is 1.99. The molecule has 28 heavy (non-hydrogen) atoms. The third-order valence-electron chi connectivity index (χ3n) is 4.83. The van der Waals surface area contributed by atoms with Crippen LogP contribution in [-0.2, 0) is 11.3 Å². The van der Waals surface area contributed by atoms with E-state index < -0.39 is 17.7 Å². The van der Waals surface area contributed by atoms with Gasteiger partial charge in [0.1, 0.15) is 12.4 Å². The van der Waals surface area contributed by atoms with E-state index in [-0.39, 0.29) is 11.4 Å². The van der Waals surface area contributed by atoms with E-state index in [1.54, 1.807) is 17.0 Å². The van der Waals surface area contributed by atoms with Crippen molar-refractivity contribution >= 4 is 23.0 Å². The van der Waals surface area contributed by atoms with Crippen molar-refractivity contribution in [2.75, 3.05) is 6.54 Å². The number of imidazole rings is 1. The molecule has 1 aliphatic rings. The second kappa shape index (κ2) is 7.82. The Morgan fingerprint density at radius 2 is 2.04 bits per heavy atom. The average Bonchev–Trinajstić information content (AvgIpc) is 3.46. The SMILES string of the molecule is O=C(C1=C(O)C(=O)N(CCC[n+]2cc[nH]c2)C1c1ccccc1)c1cccs1. The Bertz CT molecular complexity index is 995. The van der Waals surface area contributed by atoms with Gasteiger partial charge in [0.2, 0.25) is 12.1 Å². The molecule has 4 rings (SSSR count). The topological polar surface area (TPSA) is 77.3 Å². The fraction of sp³-hybridized carbons (Fsp3) is 0.190. The van der Waals surface area contributed by atoms with Crippen LogP contribution in [0.15, 0.2) is 77.9 Å². The second-order valence-electron chi connectivity index (χ2n) is 6.58. The van der Waals surface area contributed by atoms with Gasteiger partial charge in [0.15, 0.2) is 5.76 Å². The molecule has 2 aromatic heterocycles. The van der Waals surface area contributed by atoms with Crippen LogP contribution in [-0.4, -0.2) is 33.2 Å². The van der Waals surface area contributed by atoms with Crippen molar-refractivity contribution in [3.05, 3.63) is 88.3 Å². The van der Waals surface area contributed by atoms with E-state index >= 15 is 0 Å². The number of ketones is 1. The van der Waals surface area contributed by atoms with Gasteiger partial charge in [-0.25, -0.2) is 4.57 Å². The predicted molar refractivity (Wildman–Crippen MR) is 105 cm³/mol. The summed E-state index contributed by atoms with van der Waals surface area (Å²) in [5, 5.41) is 12.4. The van der Waals surface area contributed by atoms with Crippen molar-refractivity contribution in [3.8, 4) is 0 Å². The van der Waals surface area contributed by atoms with Crippen molar-refractivity contribution in [3.63, 3.8) is 0 Å². The second-order valence-corrected chi connectivity index (χ2v) is 7.53. The van der Waals surface area contributed by atoms with Crippen molar-refractivity contribution in [1.29, 1.82) is 0 Å². The third kappa shape index (κ3) is 3.36. The summed E-state index contributed by atoms with van der Waals surface area (Å²) in [6.07, 6.45) is 6.30. The summed E-state index contributed by atoms with van der Waals surface area (Å²) in [7, 11) is 0. The maximum Gasteiger partial charge on any atom is 0.290 e. The van der Waals surface area contributed by atoms with Gasteiger partial charge in [-0.1, -0.05) is 36.4 Å². The van der Waals surface area contributed by atoms with Gasteiger partial charge in [0, 0.05) is 13.0 Å². The molecule has 0 fully saturated rings. The fourth-order valence-electron chi connectivity index (χ4n) is 3.52. The number of benzene rings is 1. The summed E-state index contributed by atoms with van der Waals surface area (Å²) in [6.45, 7) is 1.16. The number of carbonyl (C=O) groups is 2. The zero-order valence-corrected chi connectivity index (χ0v) is 15.9. The number of Topliss-reactive ketones (excluding diaryl/α,β-unsaturated/α-hetero) is 1. The van der Waals surface area contributed by atoms with Crippen LogP contribution in [0.1, 0.15) is 27.7 Å². The van der Waals surface area contributed by atoms with Gasteiger partial charge < -0.3 is 10.0 Å². The number of hydrogen-bond acceptors (Lipinski definition) is 4. The quantitative estimate of drug-likeness (QED) is 0.478. The average molecular weight is 394 g/mol. The largest absolute Gasteiger partial charge is 0.503 e. The highest BCUT2D eigenvalue weighted by molar-refractivity contribution is 7.12. The van der Waals surface area contributed by atoms with Crippen LogP contribution in [0.2, 0.25) is 0 Å². The minimum Gasteiger partial charge on any atom is -0.503 e. The van der Waals surface area contributed by atoms with E-state index in [4.69, 9.17) is 0 Å². The summed E-state index contributed by atoms with van der Waals surface area (Å²) in [4.78, 5) is 31.0. The first-order chi connectivity index (χ1) is 13.7. The number of thiophene rings is 1. The Morgan fingerprint density at radius 1 is 1.21 bits per heavy atom. The van der Waals surface area contributed by atoms with Crippen molar-refractivity contribution in [2.45, 2.75) is 19.0 Å². The summed E-state index contributed by atoms with van der Waals surface area (Å²) in [5.74, 6) is -1.23. The van der Waals surface area contributed by atoms with E-state index in [1.807, 2.05) is 59.0 Å². The number of carbonyl (C=O) groups excluding carboxylic acids is 2. The molecular formula is C21H20N3O3S+. The Balaban J connectivity index is 1.64. The standard InChI is InChI=1S/C21H19N3O3S/c25-19(16-8-4-13-28-16)17-18(15-6-2-1-3-7-15)24(21(27)20(17)26)11-5-10-23-12-9-22-14-23/h1-4,6-9,12-14,18H,5,10-11H2,(H,25,26)/p+1. The van der Waals surface area contributed by atoms with Gasteiger partial charge >= 0.3 is 0 Å². The molecule has 0 radical (unpaired) electrons. The van der Waals surface area contributed by atoms with E-state index in [0.717, 1.165) is 12.1 Å². The first-order valence-electron chi connectivity index (χ1n) is 9.06. The number of aliphatic hydroxyl groups is 1. The zero-order chi connectivity index (χ0) is 19.5. The lowest BCUT2D eigenvalue weighted by Crippen LogP contribution is -2.36. The van der Waals surface area contributed by atoms with Crippen molar-refractivity contribution in [2.24, 2.45) is 0 Å². The van der Waals surface area contributed by atoms with Crippen molar-refractivity contribution in [1.82, 2.24) is 9.88 Å². The number of aliphatic hydroxyl groups excluding tert-OH is 1. The smallest absolute Gasteiger partial charge is 0.290 e. The molecule has 6 nitrogen and oxygen atoms in total.